The van der Waals surface area contributed by atoms with E-state index in [4.69, 9.17) is 11.6 Å². The summed E-state index contributed by atoms with van der Waals surface area (Å²) in [4.78, 5) is 14.5. The molecule has 0 aromatic heterocycles. The van der Waals surface area contributed by atoms with E-state index in [0.29, 0.717) is 16.3 Å². The maximum absolute atomic E-state index is 12.8. The number of hydrogen-bond acceptors (Lipinski definition) is 3. The molecule has 1 heterocycles. The van der Waals surface area contributed by atoms with Gasteiger partial charge in [-0.25, -0.2) is 8.42 Å². The molecule has 2 aromatic rings. The number of halogens is 1. The molecule has 1 fully saturated rings. The summed E-state index contributed by atoms with van der Waals surface area (Å²) in [5.41, 5.74) is 2.38. The van der Waals surface area contributed by atoms with Crippen LogP contribution in [0, 0.1) is 13.8 Å². The highest BCUT2D eigenvalue weighted by atomic mass is 35.5. The van der Waals surface area contributed by atoms with E-state index in [9.17, 15) is 13.2 Å². The number of rotatable bonds is 4. The molecule has 3 rings (SSSR count). The first-order valence-corrected chi connectivity index (χ1v) is 10.3. The van der Waals surface area contributed by atoms with Gasteiger partial charge in [0.25, 0.3) is 15.9 Å². The van der Waals surface area contributed by atoms with Gasteiger partial charge >= 0.3 is 0 Å². The normalized spacial score (nSPS) is 14.5. The molecule has 0 radical (unpaired) electrons. The molecule has 138 valence electrons. The molecule has 0 atom stereocenters. The summed E-state index contributed by atoms with van der Waals surface area (Å²) in [6.07, 6.45) is 1.97. The van der Waals surface area contributed by atoms with E-state index in [1.165, 1.54) is 12.1 Å². The van der Waals surface area contributed by atoms with E-state index < -0.39 is 10.0 Å². The summed E-state index contributed by atoms with van der Waals surface area (Å²) in [6.45, 7) is 5.03. The standard InChI is InChI=1S/C19H21ClN2O3S/c1-13-5-7-16(12-17(13)19(23)22-9-3-4-10-22)26(24,25)21-18-8-6-15(20)11-14(18)2/h5-8,11-12,21H,3-4,9-10H2,1-2H3. The Morgan fingerprint density at radius 3 is 2.38 bits per heavy atom. The van der Waals surface area contributed by atoms with Crippen LogP contribution in [0.2, 0.25) is 5.02 Å². The molecule has 1 amide bonds. The van der Waals surface area contributed by atoms with Gasteiger partial charge in [-0.05, 0) is 68.1 Å². The Bertz CT molecular complexity index is 951. The summed E-state index contributed by atoms with van der Waals surface area (Å²) >= 11 is 5.92. The maximum Gasteiger partial charge on any atom is 0.261 e. The SMILES string of the molecule is Cc1cc(Cl)ccc1NS(=O)(=O)c1ccc(C)c(C(=O)N2CCCC2)c1. The monoisotopic (exact) mass is 392 g/mol. The lowest BCUT2D eigenvalue weighted by molar-refractivity contribution is 0.0792. The number of aryl methyl sites for hydroxylation is 2. The van der Waals surface area contributed by atoms with Gasteiger partial charge in [0.15, 0.2) is 0 Å². The van der Waals surface area contributed by atoms with E-state index in [2.05, 4.69) is 4.72 Å². The molecule has 1 N–H and O–H groups in total. The number of hydrogen-bond donors (Lipinski definition) is 1. The van der Waals surface area contributed by atoms with Gasteiger partial charge in [-0.2, -0.15) is 0 Å². The van der Waals surface area contributed by atoms with Crippen molar-refractivity contribution in [1.29, 1.82) is 0 Å². The van der Waals surface area contributed by atoms with Crippen molar-refractivity contribution in [2.45, 2.75) is 31.6 Å². The highest BCUT2D eigenvalue weighted by molar-refractivity contribution is 7.92. The van der Waals surface area contributed by atoms with Crippen molar-refractivity contribution in [1.82, 2.24) is 4.90 Å². The first-order valence-electron chi connectivity index (χ1n) is 8.47. The molecule has 2 aromatic carbocycles. The Hall–Kier alpha value is -2.05. The number of nitrogens with zero attached hydrogens (tertiary/aromatic N) is 1. The summed E-state index contributed by atoms with van der Waals surface area (Å²) in [7, 11) is -3.81. The second-order valence-electron chi connectivity index (χ2n) is 6.54. The average molecular weight is 393 g/mol. The molecule has 0 aliphatic carbocycles. The molecule has 0 spiro atoms. The van der Waals surface area contributed by atoms with E-state index in [0.717, 1.165) is 37.1 Å². The third kappa shape index (κ3) is 3.86. The third-order valence-corrected chi connectivity index (χ3v) is 6.17. The van der Waals surface area contributed by atoms with Gasteiger partial charge in [-0.15, -0.1) is 0 Å². The Morgan fingerprint density at radius 2 is 1.73 bits per heavy atom. The van der Waals surface area contributed by atoms with Crippen LogP contribution in [-0.2, 0) is 10.0 Å². The van der Waals surface area contributed by atoms with Crippen molar-refractivity contribution >= 4 is 33.2 Å². The zero-order chi connectivity index (χ0) is 18.9. The third-order valence-electron chi connectivity index (χ3n) is 4.58. The van der Waals surface area contributed by atoms with Crippen LogP contribution in [0.25, 0.3) is 0 Å². The summed E-state index contributed by atoms with van der Waals surface area (Å²) < 4.78 is 28.1. The number of likely N-dealkylation sites (tertiary alicyclic amines) is 1. The Labute approximate surface area is 159 Å². The number of benzene rings is 2. The van der Waals surface area contributed by atoms with Gasteiger partial charge in [0, 0.05) is 23.7 Å². The number of nitrogens with one attached hydrogen (secondary N) is 1. The Morgan fingerprint density at radius 1 is 1.04 bits per heavy atom. The van der Waals surface area contributed by atoms with Crippen molar-refractivity contribution in [3.05, 3.63) is 58.1 Å². The number of amides is 1. The number of sulfonamides is 1. The van der Waals surface area contributed by atoms with Crippen LogP contribution in [0.5, 0.6) is 0 Å². The Balaban J connectivity index is 1.92. The first kappa shape index (κ1) is 18.7. The molecule has 7 heteroatoms. The fourth-order valence-corrected chi connectivity index (χ4v) is 4.42. The first-order chi connectivity index (χ1) is 12.3. The van der Waals surface area contributed by atoms with Crippen molar-refractivity contribution in [3.8, 4) is 0 Å². The largest absolute Gasteiger partial charge is 0.339 e. The van der Waals surface area contributed by atoms with Crippen LogP contribution in [0.1, 0.15) is 34.3 Å². The van der Waals surface area contributed by atoms with Crippen LogP contribution in [0.15, 0.2) is 41.3 Å². The van der Waals surface area contributed by atoms with Gasteiger partial charge in [-0.3, -0.25) is 9.52 Å². The Kier molecular flexibility index (Phi) is 5.25. The van der Waals surface area contributed by atoms with Crippen molar-refractivity contribution in [3.63, 3.8) is 0 Å². The van der Waals surface area contributed by atoms with E-state index in [1.54, 1.807) is 36.1 Å². The fourth-order valence-electron chi connectivity index (χ4n) is 3.03. The highest BCUT2D eigenvalue weighted by Gasteiger charge is 2.23. The smallest absolute Gasteiger partial charge is 0.261 e. The lowest BCUT2D eigenvalue weighted by Crippen LogP contribution is -2.28. The van der Waals surface area contributed by atoms with Crippen LogP contribution in [0.3, 0.4) is 0 Å². The van der Waals surface area contributed by atoms with E-state index >= 15 is 0 Å². The maximum atomic E-state index is 12.8. The molecule has 0 saturated carbocycles. The molecule has 1 aliphatic rings. The minimum atomic E-state index is -3.81. The van der Waals surface area contributed by atoms with Crippen LogP contribution < -0.4 is 4.72 Å². The molecule has 1 aliphatic heterocycles. The molecule has 1 saturated heterocycles. The average Bonchev–Trinajstić information content (AvgIpc) is 3.11. The predicted molar refractivity (Wildman–Crippen MR) is 103 cm³/mol. The molecule has 0 bridgehead atoms. The quantitative estimate of drug-likeness (QED) is 0.855. The van der Waals surface area contributed by atoms with Gasteiger partial charge < -0.3 is 4.90 Å². The van der Waals surface area contributed by atoms with E-state index in [-0.39, 0.29) is 10.8 Å². The van der Waals surface area contributed by atoms with Crippen LogP contribution in [-0.4, -0.2) is 32.3 Å². The topological polar surface area (TPSA) is 66.5 Å². The second-order valence-corrected chi connectivity index (χ2v) is 8.66. The zero-order valence-electron chi connectivity index (χ0n) is 14.8. The molecule has 26 heavy (non-hydrogen) atoms. The van der Waals surface area contributed by atoms with Gasteiger partial charge in [0.2, 0.25) is 0 Å². The van der Waals surface area contributed by atoms with E-state index in [1.807, 2.05) is 6.92 Å². The molecule has 5 nitrogen and oxygen atoms in total. The molecular weight excluding hydrogens is 372 g/mol. The van der Waals surface area contributed by atoms with Crippen molar-refractivity contribution in [2.24, 2.45) is 0 Å². The fraction of sp³-hybridized carbons (Fsp3) is 0.316. The van der Waals surface area contributed by atoms with Gasteiger partial charge in [-0.1, -0.05) is 17.7 Å². The number of carbonyl (C=O) groups is 1. The second kappa shape index (κ2) is 7.29. The zero-order valence-corrected chi connectivity index (χ0v) is 16.3. The van der Waals surface area contributed by atoms with Gasteiger partial charge in [0.05, 0.1) is 10.6 Å². The van der Waals surface area contributed by atoms with Crippen LogP contribution in [0.4, 0.5) is 5.69 Å². The molecule has 0 unspecified atom stereocenters. The van der Waals surface area contributed by atoms with Gasteiger partial charge in [0.1, 0.15) is 0 Å². The highest BCUT2D eigenvalue weighted by Crippen LogP contribution is 2.25. The number of anilines is 1. The minimum absolute atomic E-state index is 0.0694. The summed E-state index contributed by atoms with van der Waals surface area (Å²) in [5.74, 6) is -0.111. The van der Waals surface area contributed by atoms with Crippen LogP contribution >= 0.6 is 11.6 Å². The summed E-state index contributed by atoms with van der Waals surface area (Å²) in [5, 5.41) is 0.541. The van der Waals surface area contributed by atoms with Crippen molar-refractivity contribution < 1.29 is 13.2 Å². The molecular formula is C19H21ClN2O3S. The lowest BCUT2D eigenvalue weighted by atomic mass is 10.1. The predicted octanol–water partition coefficient (Wildman–Crippen LogP) is 3.99. The van der Waals surface area contributed by atoms with Crippen molar-refractivity contribution in [2.75, 3.05) is 17.8 Å². The lowest BCUT2D eigenvalue weighted by Gasteiger charge is -2.18. The number of carbonyl (C=O) groups excluding carboxylic acids is 1. The summed E-state index contributed by atoms with van der Waals surface area (Å²) in [6, 6.07) is 9.60. The minimum Gasteiger partial charge on any atom is -0.339 e.